The van der Waals surface area contributed by atoms with Gasteiger partial charge in [0.15, 0.2) is 0 Å². The minimum Gasteiger partial charge on any atom is -0.211 e. The maximum absolute atomic E-state index is 9.86. The normalized spacial score (nSPS) is 10.8. The first-order valence-corrected chi connectivity index (χ1v) is 12.9. The monoisotopic (exact) mass is 351 g/mol. The average Bonchev–Trinajstić information content (AvgIpc) is 2.46. The standard InChI is InChI=1S/C16H31Cl2NOSi/c17-21(18)15-13-11-9-7-5-3-1-2-4-6-8-10-12-14-19-16-20/h21H,1-15H2. The van der Waals surface area contributed by atoms with Crippen molar-refractivity contribution < 1.29 is 4.79 Å². The predicted molar refractivity (Wildman–Crippen MR) is 96.7 cm³/mol. The van der Waals surface area contributed by atoms with Crippen molar-refractivity contribution in [1.29, 1.82) is 0 Å². The zero-order chi connectivity index (χ0) is 15.6. The molecule has 0 atom stereocenters. The SMILES string of the molecule is O=C=NCCCCCCCCCCCCCCC[SiH](Cl)Cl. The third-order valence-electron chi connectivity index (χ3n) is 3.76. The predicted octanol–water partition coefficient (Wildman–Crippen LogP) is 6.09. The van der Waals surface area contributed by atoms with Gasteiger partial charge in [-0.1, -0.05) is 77.0 Å². The topological polar surface area (TPSA) is 29.4 Å². The number of rotatable bonds is 16. The summed E-state index contributed by atoms with van der Waals surface area (Å²) in [5.74, 6) is 0. The number of nitrogens with zero attached hydrogens (tertiary/aromatic N) is 1. The van der Waals surface area contributed by atoms with Gasteiger partial charge in [-0.2, -0.15) is 22.2 Å². The van der Waals surface area contributed by atoms with E-state index in [4.69, 9.17) is 22.2 Å². The van der Waals surface area contributed by atoms with E-state index < -0.39 is 7.42 Å². The Labute approximate surface area is 141 Å². The number of carbonyl (C=O) groups excluding carboxylic acids is 1. The van der Waals surface area contributed by atoms with Crippen LogP contribution in [0.5, 0.6) is 0 Å². The van der Waals surface area contributed by atoms with E-state index in [2.05, 4.69) is 4.99 Å². The van der Waals surface area contributed by atoms with Crippen molar-refractivity contribution in [3.63, 3.8) is 0 Å². The van der Waals surface area contributed by atoms with Crippen LogP contribution in [0.4, 0.5) is 0 Å². The van der Waals surface area contributed by atoms with Gasteiger partial charge < -0.3 is 0 Å². The fourth-order valence-corrected chi connectivity index (χ4v) is 4.00. The summed E-state index contributed by atoms with van der Waals surface area (Å²) < 4.78 is 0. The third-order valence-corrected chi connectivity index (χ3v) is 5.91. The van der Waals surface area contributed by atoms with E-state index in [0.29, 0.717) is 6.54 Å². The largest absolute Gasteiger partial charge is 0.237 e. The van der Waals surface area contributed by atoms with Crippen LogP contribution in [0.2, 0.25) is 6.04 Å². The van der Waals surface area contributed by atoms with Crippen molar-refractivity contribution in [2.75, 3.05) is 6.54 Å². The maximum Gasteiger partial charge on any atom is 0.237 e. The van der Waals surface area contributed by atoms with Gasteiger partial charge in [-0.25, -0.2) is 9.79 Å². The van der Waals surface area contributed by atoms with Gasteiger partial charge in [-0.3, -0.25) is 0 Å². The van der Waals surface area contributed by atoms with Gasteiger partial charge in [0.25, 0.3) is 0 Å². The minimum atomic E-state index is -1.34. The molecule has 0 radical (unpaired) electrons. The van der Waals surface area contributed by atoms with E-state index in [9.17, 15) is 4.79 Å². The van der Waals surface area contributed by atoms with Crippen LogP contribution in [0.3, 0.4) is 0 Å². The molecule has 0 aliphatic heterocycles. The molecule has 0 saturated carbocycles. The van der Waals surface area contributed by atoms with Crippen LogP contribution in [0.1, 0.15) is 83.5 Å². The highest BCUT2D eigenvalue weighted by Gasteiger charge is 2.00. The fraction of sp³-hybridized carbons (Fsp3) is 0.938. The summed E-state index contributed by atoms with van der Waals surface area (Å²) in [4.78, 5) is 13.4. The smallest absolute Gasteiger partial charge is 0.211 e. The minimum absolute atomic E-state index is 0.655. The Morgan fingerprint density at radius 3 is 1.43 bits per heavy atom. The molecular formula is C16H31Cl2NOSi. The van der Waals surface area contributed by atoms with Gasteiger partial charge >= 0.3 is 0 Å². The summed E-state index contributed by atoms with van der Waals surface area (Å²) in [5.41, 5.74) is 0. The Hall–Kier alpha value is 0.177. The zero-order valence-corrected chi connectivity index (χ0v) is 16.0. The molecule has 0 aromatic rings. The maximum atomic E-state index is 9.86. The summed E-state index contributed by atoms with van der Waals surface area (Å²) in [6.45, 7) is 0.655. The van der Waals surface area contributed by atoms with E-state index in [-0.39, 0.29) is 0 Å². The van der Waals surface area contributed by atoms with Crippen LogP contribution in [0, 0.1) is 0 Å². The number of unbranched alkanes of at least 4 members (excludes halogenated alkanes) is 12. The Balaban J connectivity index is 2.98. The Morgan fingerprint density at radius 2 is 1.05 bits per heavy atom. The molecule has 21 heavy (non-hydrogen) atoms. The van der Waals surface area contributed by atoms with Crippen LogP contribution in [0.15, 0.2) is 4.99 Å². The summed E-state index contributed by atoms with van der Waals surface area (Å²) >= 11 is 11.7. The number of hydrogen-bond acceptors (Lipinski definition) is 2. The summed E-state index contributed by atoms with van der Waals surface area (Å²) in [6, 6.07) is 1.07. The lowest BCUT2D eigenvalue weighted by Gasteiger charge is -2.03. The van der Waals surface area contributed by atoms with E-state index in [1.165, 1.54) is 77.0 Å². The molecule has 2 nitrogen and oxygen atoms in total. The van der Waals surface area contributed by atoms with Gasteiger partial charge in [-0.15, -0.1) is 0 Å². The number of aliphatic imine (C=N–C) groups is 1. The Morgan fingerprint density at radius 1 is 0.667 bits per heavy atom. The van der Waals surface area contributed by atoms with Crippen LogP contribution in [-0.2, 0) is 4.79 Å². The van der Waals surface area contributed by atoms with Crippen LogP contribution in [-0.4, -0.2) is 20.0 Å². The second-order valence-corrected chi connectivity index (χ2v) is 10.9. The van der Waals surface area contributed by atoms with Crippen LogP contribution < -0.4 is 0 Å². The van der Waals surface area contributed by atoms with Gasteiger partial charge in [-0.05, 0) is 12.5 Å². The van der Waals surface area contributed by atoms with Crippen molar-refractivity contribution in [3.8, 4) is 0 Å². The molecule has 5 heteroatoms. The van der Waals surface area contributed by atoms with Gasteiger partial charge in [0.2, 0.25) is 13.5 Å². The molecule has 0 fully saturated rings. The summed E-state index contributed by atoms with van der Waals surface area (Å²) in [6.07, 6.45) is 18.5. The Bertz CT molecular complexity index is 259. The number of hydrogen-bond donors (Lipinski definition) is 0. The molecule has 0 amide bonds. The molecule has 0 N–H and O–H groups in total. The van der Waals surface area contributed by atoms with Crippen molar-refractivity contribution in [2.24, 2.45) is 4.99 Å². The first kappa shape index (κ1) is 21.2. The van der Waals surface area contributed by atoms with Crippen molar-refractivity contribution >= 4 is 35.7 Å². The lowest BCUT2D eigenvalue weighted by molar-refractivity contribution is 0.539. The lowest BCUT2D eigenvalue weighted by atomic mass is 10.0. The summed E-state index contributed by atoms with van der Waals surface area (Å²) in [7, 11) is -1.34. The second-order valence-electron chi connectivity index (χ2n) is 5.75. The van der Waals surface area contributed by atoms with Crippen molar-refractivity contribution in [3.05, 3.63) is 0 Å². The highest BCUT2D eigenvalue weighted by Crippen LogP contribution is 2.14. The van der Waals surface area contributed by atoms with Gasteiger partial charge in [0, 0.05) is 0 Å². The first-order valence-electron chi connectivity index (χ1n) is 8.59. The number of isocyanates is 1. The molecule has 0 aromatic carbocycles. The highest BCUT2D eigenvalue weighted by molar-refractivity contribution is 7.33. The highest BCUT2D eigenvalue weighted by atomic mass is 35.7. The molecule has 0 aromatic heterocycles. The van der Waals surface area contributed by atoms with Crippen LogP contribution in [0.25, 0.3) is 0 Å². The van der Waals surface area contributed by atoms with E-state index >= 15 is 0 Å². The molecule has 0 bridgehead atoms. The molecule has 0 aliphatic carbocycles. The number of halogens is 2. The molecule has 0 rings (SSSR count). The van der Waals surface area contributed by atoms with E-state index in [0.717, 1.165) is 12.5 Å². The molecule has 0 unspecified atom stereocenters. The molecule has 124 valence electrons. The van der Waals surface area contributed by atoms with E-state index in [1.807, 2.05) is 0 Å². The van der Waals surface area contributed by atoms with Crippen LogP contribution >= 0.6 is 22.2 Å². The Kier molecular flexibility index (Phi) is 18.4. The first-order chi connectivity index (χ1) is 10.3. The molecule has 0 saturated heterocycles. The fourth-order valence-electron chi connectivity index (χ4n) is 2.48. The van der Waals surface area contributed by atoms with Gasteiger partial charge in [0.1, 0.15) is 0 Å². The third kappa shape index (κ3) is 20.2. The molecular weight excluding hydrogens is 321 g/mol. The molecule has 0 aliphatic rings. The molecule has 0 spiro atoms. The van der Waals surface area contributed by atoms with Crippen molar-refractivity contribution in [2.45, 2.75) is 89.5 Å². The van der Waals surface area contributed by atoms with Crippen molar-refractivity contribution in [1.82, 2.24) is 0 Å². The zero-order valence-electron chi connectivity index (χ0n) is 13.3. The second kappa shape index (κ2) is 18.2. The lowest BCUT2D eigenvalue weighted by Crippen LogP contribution is -1.91. The summed E-state index contributed by atoms with van der Waals surface area (Å²) in [5, 5.41) is 0. The van der Waals surface area contributed by atoms with E-state index in [1.54, 1.807) is 6.08 Å². The quantitative estimate of drug-likeness (QED) is 0.109. The molecule has 0 heterocycles. The average molecular weight is 352 g/mol. The van der Waals surface area contributed by atoms with Gasteiger partial charge in [0.05, 0.1) is 6.54 Å².